The van der Waals surface area contributed by atoms with Crippen LogP contribution in [0.3, 0.4) is 0 Å². The summed E-state index contributed by atoms with van der Waals surface area (Å²) in [6, 6.07) is 1.89. The van der Waals surface area contributed by atoms with Crippen LogP contribution in [0.1, 0.15) is 24.8 Å². The van der Waals surface area contributed by atoms with Gasteiger partial charge in [-0.2, -0.15) is 15.0 Å². The summed E-state index contributed by atoms with van der Waals surface area (Å²) in [4.78, 5) is 14.9. The van der Waals surface area contributed by atoms with Crippen molar-refractivity contribution in [3.63, 3.8) is 0 Å². The monoisotopic (exact) mass is 274 g/mol. The molecule has 1 saturated heterocycles. The van der Waals surface area contributed by atoms with E-state index in [1.165, 1.54) is 19.3 Å². The third-order valence-corrected chi connectivity index (χ3v) is 3.31. The van der Waals surface area contributed by atoms with E-state index in [4.69, 9.17) is 10.2 Å². The highest BCUT2D eigenvalue weighted by atomic mass is 16.3. The van der Waals surface area contributed by atoms with Gasteiger partial charge in [-0.1, -0.05) is 0 Å². The maximum atomic E-state index is 5.77. The van der Waals surface area contributed by atoms with E-state index in [9.17, 15) is 0 Å². The van der Waals surface area contributed by atoms with Crippen molar-refractivity contribution < 1.29 is 4.42 Å². The topological polar surface area (TPSA) is 93.1 Å². The molecule has 20 heavy (non-hydrogen) atoms. The smallest absolute Gasteiger partial charge is 0.231 e. The molecular formula is C13H18N6O. The second-order valence-corrected chi connectivity index (χ2v) is 4.85. The zero-order valence-corrected chi connectivity index (χ0v) is 11.2. The SMILES string of the molecule is Nc1nc(NCc2ccoc2)nc(N2CCCCC2)n1. The number of furan rings is 1. The van der Waals surface area contributed by atoms with Crippen molar-refractivity contribution in [3.05, 3.63) is 24.2 Å². The van der Waals surface area contributed by atoms with Crippen molar-refractivity contribution in [2.45, 2.75) is 25.8 Å². The van der Waals surface area contributed by atoms with Gasteiger partial charge >= 0.3 is 0 Å². The summed E-state index contributed by atoms with van der Waals surface area (Å²) in [5.74, 6) is 1.40. The number of hydrogen-bond donors (Lipinski definition) is 2. The molecule has 0 aliphatic carbocycles. The molecule has 106 valence electrons. The molecule has 3 N–H and O–H groups in total. The fourth-order valence-corrected chi connectivity index (χ4v) is 2.27. The number of anilines is 3. The normalized spacial score (nSPS) is 15.3. The Balaban J connectivity index is 1.72. The quantitative estimate of drug-likeness (QED) is 0.875. The molecule has 1 aliphatic rings. The number of nitrogen functional groups attached to an aromatic ring is 1. The second kappa shape index (κ2) is 5.77. The average molecular weight is 274 g/mol. The van der Waals surface area contributed by atoms with Gasteiger partial charge in [0.15, 0.2) is 0 Å². The molecule has 0 amide bonds. The van der Waals surface area contributed by atoms with Crippen molar-refractivity contribution in [1.29, 1.82) is 0 Å². The average Bonchev–Trinajstić information content (AvgIpc) is 2.99. The standard InChI is InChI=1S/C13H18N6O/c14-11-16-12(15-8-10-4-7-20-9-10)18-13(17-11)19-5-2-1-3-6-19/h4,7,9H,1-3,5-6,8H2,(H3,14,15,16,17,18). The second-order valence-electron chi connectivity index (χ2n) is 4.85. The zero-order valence-electron chi connectivity index (χ0n) is 11.2. The molecule has 2 aromatic heterocycles. The fraction of sp³-hybridized carbons (Fsp3) is 0.462. The number of nitrogens with one attached hydrogen (secondary N) is 1. The van der Waals surface area contributed by atoms with Gasteiger partial charge in [-0.3, -0.25) is 0 Å². The minimum absolute atomic E-state index is 0.246. The lowest BCUT2D eigenvalue weighted by Gasteiger charge is -2.26. The number of piperidine rings is 1. The van der Waals surface area contributed by atoms with E-state index in [-0.39, 0.29) is 5.95 Å². The number of nitrogens with zero attached hydrogens (tertiary/aromatic N) is 4. The molecule has 3 rings (SSSR count). The van der Waals surface area contributed by atoms with Crippen LogP contribution < -0.4 is 16.0 Å². The van der Waals surface area contributed by atoms with Crippen LogP contribution in [0.5, 0.6) is 0 Å². The van der Waals surface area contributed by atoms with E-state index in [2.05, 4.69) is 25.2 Å². The molecule has 0 spiro atoms. The van der Waals surface area contributed by atoms with Gasteiger partial charge in [0.1, 0.15) is 0 Å². The molecule has 0 bridgehead atoms. The van der Waals surface area contributed by atoms with Crippen molar-refractivity contribution in [2.24, 2.45) is 0 Å². The van der Waals surface area contributed by atoms with Gasteiger partial charge in [0.2, 0.25) is 17.8 Å². The lowest BCUT2D eigenvalue weighted by atomic mass is 10.1. The van der Waals surface area contributed by atoms with E-state index in [0.717, 1.165) is 18.7 Å². The van der Waals surface area contributed by atoms with Gasteiger partial charge < -0.3 is 20.4 Å². The van der Waals surface area contributed by atoms with Crippen molar-refractivity contribution in [1.82, 2.24) is 15.0 Å². The van der Waals surface area contributed by atoms with Crippen molar-refractivity contribution in [2.75, 3.05) is 29.0 Å². The molecule has 0 radical (unpaired) electrons. The van der Waals surface area contributed by atoms with Crippen LogP contribution in [0, 0.1) is 0 Å². The Kier molecular flexibility index (Phi) is 3.67. The van der Waals surface area contributed by atoms with Crippen LogP contribution in [0.2, 0.25) is 0 Å². The number of hydrogen-bond acceptors (Lipinski definition) is 7. The molecule has 7 heteroatoms. The first kappa shape index (κ1) is 12.7. The van der Waals surface area contributed by atoms with E-state index < -0.39 is 0 Å². The van der Waals surface area contributed by atoms with Gasteiger partial charge in [-0.15, -0.1) is 0 Å². The Morgan fingerprint density at radius 2 is 2.05 bits per heavy atom. The number of aromatic nitrogens is 3. The molecule has 0 unspecified atom stereocenters. The molecule has 3 heterocycles. The maximum absolute atomic E-state index is 5.77. The predicted molar refractivity (Wildman–Crippen MR) is 76.3 cm³/mol. The first-order valence-corrected chi connectivity index (χ1v) is 6.83. The van der Waals surface area contributed by atoms with E-state index >= 15 is 0 Å². The summed E-state index contributed by atoms with van der Waals surface area (Å²) < 4.78 is 5.02. The largest absolute Gasteiger partial charge is 0.472 e. The first-order valence-electron chi connectivity index (χ1n) is 6.83. The number of rotatable bonds is 4. The van der Waals surface area contributed by atoms with Crippen LogP contribution >= 0.6 is 0 Å². The Bertz CT molecular complexity index is 550. The fourth-order valence-electron chi connectivity index (χ4n) is 2.27. The van der Waals surface area contributed by atoms with Crippen LogP contribution in [-0.4, -0.2) is 28.0 Å². The molecular weight excluding hydrogens is 256 g/mol. The number of nitrogens with two attached hydrogens (primary N) is 1. The van der Waals surface area contributed by atoms with Gasteiger partial charge in [0.25, 0.3) is 0 Å². The summed E-state index contributed by atoms with van der Waals surface area (Å²) in [6.45, 7) is 2.55. The lowest BCUT2D eigenvalue weighted by molar-refractivity contribution is 0.564. The van der Waals surface area contributed by atoms with Crippen molar-refractivity contribution >= 4 is 17.8 Å². The maximum Gasteiger partial charge on any atom is 0.231 e. The first-order chi connectivity index (χ1) is 9.81. The highest BCUT2D eigenvalue weighted by Gasteiger charge is 2.15. The summed E-state index contributed by atoms with van der Waals surface area (Å²) >= 11 is 0. The Morgan fingerprint density at radius 3 is 2.80 bits per heavy atom. The van der Waals surface area contributed by atoms with Gasteiger partial charge in [-0.25, -0.2) is 0 Å². The zero-order chi connectivity index (χ0) is 13.8. The molecule has 1 fully saturated rings. The van der Waals surface area contributed by atoms with Gasteiger partial charge in [0.05, 0.1) is 12.5 Å². The molecule has 0 aromatic carbocycles. The molecule has 0 atom stereocenters. The summed E-state index contributed by atoms with van der Waals surface area (Å²) in [6.07, 6.45) is 6.93. The Labute approximate surface area is 117 Å². The van der Waals surface area contributed by atoms with Gasteiger partial charge in [0, 0.05) is 25.2 Å². The highest BCUT2D eigenvalue weighted by Crippen LogP contribution is 2.17. The summed E-state index contributed by atoms with van der Waals surface area (Å²) in [5, 5.41) is 3.14. The predicted octanol–water partition coefficient (Wildman–Crippen LogP) is 1.65. The summed E-state index contributed by atoms with van der Waals surface area (Å²) in [7, 11) is 0. The van der Waals surface area contributed by atoms with Crippen molar-refractivity contribution in [3.8, 4) is 0 Å². The molecule has 1 aliphatic heterocycles. The van der Waals surface area contributed by atoms with Gasteiger partial charge in [-0.05, 0) is 25.3 Å². The van der Waals surface area contributed by atoms with E-state index in [1.54, 1.807) is 12.5 Å². The minimum Gasteiger partial charge on any atom is -0.472 e. The Morgan fingerprint density at radius 1 is 1.20 bits per heavy atom. The molecule has 7 nitrogen and oxygen atoms in total. The lowest BCUT2D eigenvalue weighted by Crippen LogP contribution is -2.31. The molecule has 2 aromatic rings. The summed E-state index contributed by atoms with van der Waals surface area (Å²) in [5.41, 5.74) is 6.80. The van der Waals surface area contributed by atoms with Crippen LogP contribution in [0.4, 0.5) is 17.8 Å². The van der Waals surface area contributed by atoms with Crippen LogP contribution in [0.25, 0.3) is 0 Å². The minimum atomic E-state index is 0.246. The van der Waals surface area contributed by atoms with Crippen LogP contribution in [0.15, 0.2) is 23.0 Å². The third-order valence-electron chi connectivity index (χ3n) is 3.31. The third kappa shape index (κ3) is 2.98. The van der Waals surface area contributed by atoms with E-state index in [0.29, 0.717) is 18.4 Å². The van der Waals surface area contributed by atoms with Crippen LogP contribution in [-0.2, 0) is 6.54 Å². The van der Waals surface area contributed by atoms with E-state index in [1.807, 2.05) is 6.07 Å². The Hall–Kier alpha value is -2.31. The highest BCUT2D eigenvalue weighted by molar-refractivity contribution is 5.42. The molecule has 0 saturated carbocycles.